The van der Waals surface area contributed by atoms with Crippen molar-refractivity contribution in [2.24, 2.45) is 0 Å². The van der Waals surface area contributed by atoms with Crippen molar-refractivity contribution < 1.29 is 0 Å². The van der Waals surface area contributed by atoms with Crippen molar-refractivity contribution >= 4 is 31.5 Å². The molecule has 0 spiro atoms. The molecule has 3 heteroatoms. The Balaban J connectivity index is 2.03. The van der Waals surface area contributed by atoms with Gasteiger partial charge in [0.25, 0.3) is 0 Å². The summed E-state index contributed by atoms with van der Waals surface area (Å²) < 4.78 is 2.53. The molecular weight excluding hydrogens is 252 g/mol. The first-order valence-corrected chi connectivity index (χ1v) is 6.92. The first-order chi connectivity index (χ1) is 9.42. The molecule has 0 saturated heterocycles. The molecule has 2 nitrogen and oxygen atoms in total. The number of hydrogen-bond acceptors (Lipinski definition) is 3. The van der Waals surface area contributed by atoms with Gasteiger partial charge in [-0.25, -0.2) is 0 Å². The van der Waals surface area contributed by atoms with Crippen molar-refractivity contribution in [3.05, 3.63) is 60.9 Å². The number of pyridine rings is 2. The third kappa shape index (κ3) is 1.71. The number of aromatic nitrogens is 2. The van der Waals surface area contributed by atoms with Crippen LogP contribution >= 0.6 is 11.3 Å². The van der Waals surface area contributed by atoms with Crippen molar-refractivity contribution in [1.29, 1.82) is 0 Å². The lowest BCUT2D eigenvalue weighted by atomic mass is 10.1. The maximum Gasteiger partial charge on any atom is 0.0893 e. The second kappa shape index (κ2) is 4.14. The highest BCUT2D eigenvalue weighted by Crippen LogP contribution is 2.34. The van der Waals surface area contributed by atoms with Gasteiger partial charge in [-0.15, -0.1) is 11.3 Å². The summed E-state index contributed by atoms with van der Waals surface area (Å²) in [5.74, 6) is 0. The summed E-state index contributed by atoms with van der Waals surface area (Å²) in [6, 6.07) is 16.5. The van der Waals surface area contributed by atoms with Crippen LogP contribution in [-0.2, 0) is 0 Å². The van der Waals surface area contributed by atoms with Crippen molar-refractivity contribution in [2.75, 3.05) is 0 Å². The molecule has 0 radical (unpaired) electrons. The Bertz CT molecular complexity index is 866. The maximum atomic E-state index is 4.52. The molecule has 0 unspecified atom stereocenters. The van der Waals surface area contributed by atoms with Gasteiger partial charge in [-0.3, -0.25) is 9.97 Å². The molecule has 0 aliphatic rings. The molecule has 0 aliphatic heterocycles. The average Bonchev–Trinajstić information content (AvgIpc) is 2.86. The molecule has 90 valence electrons. The minimum atomic E-state index is 0.916. The van der Waals surface area contributed by atoms with E-state index in [0.29, 0.717) is 0 Å². The van der Waals surface area contributed by atoms with Crippen LogP contribution in [0.5, 0.6) is 0 Å². The smallest absolute Gasteiger partial charge is 0.0893 e. The van der Waals surface area contributed by atoms with E-state index in [1.807, 2.05) is 24.4 Å². The van der Waals surface area contributed by atoms with Crippen LogP contribution in [0.25, 0.3) is 31.6 Å². The van der Waals surface area contributed by atoms with Gasteiger partial charge in [0, 0.05) is 27.9 Å². The molecule has 0 saturated carbocycles. The first-order valence-electron chi connectivity index (χ1n) is 6.10. The number of fused-ring (bicyclic) bond motifs is 3. The third-order valence-electron chi connectivity index (χ3n) is 3.19. The van der Waals surface area contributed by atoms with E-state index < -0.39 is 0 Å². The fourth-order valence-electron chi connectivity index (χ4n) is 2.29. The maximum absolute atomic E-state index is 4.52. The van der Waals surface area contributed by atoms with Crippen LogP contribution in [-0.4, -0.2) is 9.97 Å². The first kappa shape index (κ1) is 10.6. The standard InChI is InChI=1S/C16H10N2S/c1-2-7-15-11(5-1)12-9-14(18-10-16(12)19-15)13-6-3-4-8-17-13/h1-10H. The molecule has 0 amide bonds. The van der Waals surface area contributed by atoms with Gasteiger partial charge in [-0.05, 0) is 24.3 Å². The van der Waals surface area contributed by atoms with Crippen LogP contribution in [0.4, 0.5) is 0 Å². The largest absolute Gasteiger partial charge is 0.255 e. The van der Waals surface area contributed by atoms with Gasteiger partial charge in [0.2, 0.25) is 0 Å². The molecule has 19 heavy (non-hydrogen) atoms. The quantitative estimate of drug-likeness (QED) is 0.504. The number of thiophene rings is 1. The molecule has 4 rings (SSSR count). The number of hydrogen-bond donors (Lipinski definition) is 0. The Labute approximate surface area is 114 Å². The lowest BCUT2D eigenvalue weighted by Gasteiger charge is -1.99. The van der Waals surface area contributed by atoms with Crippen molar-refractivity contribution in [3.8, 4) is 11.4 Å². The van der Waals surface area contributed by atoms with Crippen LogP contribution in [0.2, 0.25) is 0 Å². The topological polar surface area (TPSA) is 25.8 Å². The van der Waals surface area contributed by atoms with Gasteiger partial charge in [-0.2, -0.15) is 0 Å². The summed E-state index contributed by atoms with van der Waals surface area (Å²) in [7, 11) is 0. The van der Waals surface area contributed by atoms with Crippen LogP contribution < -0.4 is 0 Å². The minimum absolute atomic E-state index is 0.916. The molecule has 4 aromatic rings. The molecule has 0 atom stereocenters. The van der Waals surface area contributed by atoms with Crippen molar-refractivity contribution in [2.45, 2.75) is 0 Å². The lowest BCUT2D eigenvalue weighted by molar-refractivity contribution is 1.26. The highest BCUT2D eigenvalue weighted by molar-refractivity contribution is 7.25. The molecule has 3 aromatic heterocycles. The molecule has 3 heterocycles. The summed E-state index contributed by atoms with van der Waals surface area (Å²) in [5.41, 5.74) is 1.84. The van der Waals surface area contributed by atoms with Gasteiger partial charge in [0.15, 0.2) is 0 Å². The normalized spacial score (nSPS) is 11.2. The lowest BCUT2D eigenvalue weighted by Crippen LogP contribution is -1.85. The average molecular weight is 262 g/mol. The van der Waals surface area contributed by atoms with Gasteiger partial charge in [-0.1, -0.05) is 24.3 Å². The van der Waals surface area contributed by atoms with E-state index in [4.69, 9.17) is 0 Å². The van der Waals surface area contributed by atoms with E-state index in [1.165, 1.54) is 20.2 Å². The highest BCUT2D eigenvalue weighted by atomic mass is 32.1. The second-order valence-electron chi connectivity index (χ2n) is 4.38. The summed E-state index contributed by atoms with van der Waals surface area (Å²) in [5, 5.41) is 2.55. The van der Waals surface area contributed by atoms with Crippen LogP contribution in [0.3, 0.4) is 0 Å². The predicted molar refractivity (Wildman–Crippen MR) is 80.4 cm³/mol. The third-order valence-corrected chi connectivity index (χ3v) is 4.31. The van der Waals surface area contributed by atoms with Gasteiger partial charge < -0.3 is 0 Å². The minimum Gasteiger partial charge on any atom is -0.255 e. The summed E-state index contributed by atoms with van der Waals surface area (Å²) in [6.07, 6.45) is 3.75. The van der Waals surface area contributed by atoms with E-state index in [1.54, 1.807) is 17.5 Å². The zero-order valence-electron chi connectivity index (χ0n) is 10.1. The van der Waals surface area contributed by atoms with E-state index in [9.17, 15) is 0 Å². The van der Waals surface area contributed by atoms with Crippen molar-refractivity contribution in [1.82, 2.24) is 9.97 Å². The van der Waals surface area contributed by atoms with E-state index in [0.717, 1.165) is 11.4 Å². The monoisotopic (exact) mass is 262 g/mol. The Morgan fingerprint density at radius 1 is 0.737 bits per heavy atom. The number of rotatable bonds is 1. The van der Waals surface area contributed by atoms with Gasteiger partial charge in [0.05, 0.1) is 16.1 Å². The Morgan fingerprint density at radius 3 is 2.53 bits per heavy atom. The fraction of sp³-hybridized carbons (Fsp3) is 0. The molecule has 0 N–H and O–H groups in total. The summed E-state index contributed by atoms with van der Waals surface area (Å²) in [4.78, 5) is 8.88. The zero-order valence-corrected chi connectivity index (χ0v) is 10.9. The zero-order chi connectivity index (χ0) is 12.7. The molecule has 0 aliphatic carbocycles. The van der Waals surface area contributed by atoms with Crippen LogP contribution in [0, 0.1) is 0 Å². The molecule has 1 aromatic carbocycles. The molecular formula is C16H10N2S. The molecule has 0 fully saturated rings. The summed E-state index contributed by atoms with van der Waals surface area (Å²) >= 11 is 1.78. The fourth-order valence-corrected chi connectivity index (χ4v) is 3.34. The second-order valence-corrected chi connectivity index (χ2v) is 5.46. The number of nitrogens with zero attached hydrogens (tertiary/aromatic N) is 2. The SMILES string of the molecule is c1ccc(-c2cc3c(cn2)sc2ccccc23)nc1. The highest BCUT2D eigenvalue weighted by Gasteiger charge is 2.07. The van der Waals surface area contributed by atoms with E-state index in [2.05, 4.69) is 40.3 Å². The van der Waals surface area contributed by atoms with Crippen molar-refractivity contribution in [3.63, 3.8) is 0 Å². The Hall–Kier alpha value is -2.26. The Morgan fingerprint density at radius 2 is 1.63 bits per heavy atom. The number of benzene rings is 1. The molecule has 0 bridgehead atoms. The predicted octanol–water partition coefficient (Wildman–Crippen LogP) is 4.51. The van der Waals surface area contributed by atoms with Crippen LogP contribution in [0.1, 0.15) is 0 Å². The van der Waals surface area contributed by atoms with Crippen LogP contribution in [0.15, 0.2) is 60.9 Å². The Kier molecular flexibility index (Phi) is 2.32. The van der Waals surface area contributed by atoms with E-state index in [-0.39, 0.29) is 0 Å². The van der Waals surface area contributed by atoms with Gasteiger partial charge in [0.1, 0.15) is 0 Å². The van der Waals surface area contributed by atoms with E-state index >= 15 is 0 Å². The van der Waals surface area contributed by atoms with Gasteiger partial charge >= 0.3 is 0 Å². The summed E-state index contributed by atoms with van der Waals surface area (Å²) in [6.45, 7) is 0.